The third kappa shape index (κ3) is 4.42. The van der Waals surface area contributed by atoms with E-state index in [1.54, 1.807) is 18.2 Å². The van der Waals surface area contributed by atoms with E-state index in [-0.39, 0.29) is 0 Å². The Morgan fingerprint density at radius 1 is 1.04 bits per heavy atom. The van der Waals surface area contributed by atoms with E-state index in [1.165, 1.54) is 0 Å². The van der Waals surface area contributed by atoms with Gasteiger partial charge in [0.1, 0.15) is 11.6 Å². The van der Waals surface area contributed by atoms with E-state index in [1.807, 2.05) is 24.3 Å². The van der Waals surface area contributed by atoms with E-state index in [9.17, 15) is 4.79 Å². The van der Waals surface area contributed by atoms with Crippen LogP contribution in [0.4, 0.5) is 5.82 Å². The van der Waals surface area contributed by atoms with Crippen molar-refractivity contribution in [2.24, 2.45) is 11.7 Å². The maximum Gasteiger partial charge on any atom is 0.248 e. The number of aromatic nitrogens is 1. The molecule has 28 heavy (non-hydrogen) atoms. The van der Waals surface area contributed by atoms with Crippen molar-refractivity contribution in [3.05, 3.63) is 66.2 Å². The number of primary amides is 1. The number of hydrogen-bond donors (Lipinski definition) is 2. The maximum absolute atomic E-state index is 11.3. The molecule has 144 valence electrons. The molecule has 1 aliphatic rings. The number of carbonyl (C=O) groups excluding carboxylic acids is 1. The average molecular weight is 375 g/mol. The zero-order valence-corrected chi connectivity index (χ0v) is 15.8. The van der Waals surface area contributed by atoms with Gasteiger partial charge in [-0.2, -0.15) is 0 Å². The van der Waals surface area contributed by atoms with Gasteiger partial charge in [-0.05, 0) is 68.0 Å². The Kier molecular flexibility index (Phi) is 5.42. The number of para-hydroxylation sites is 1. The van der Waals surface area contributed by atoms with Crippen molar-refractivity contribution in [1.29, 1.82) is 0 Å². The lowest BCUT2D eigenvalue weighted by atomic mass is 9.86. The molecule has 1 aliphatic carbocycles. The number of nitrogens with two attached hydrogens (primary N) is 1. The Labute approximate surface area is 164 Å². The highest BCUT2D eigenvalue weighted by atomic mass is 16.5. The first kappa shape index (κ1) is 18.3. The molecule has 0 spiro atoms. The van der Waals surface area contributed by atoms with Crippen LogP contribution in [-0.2, 0) is 0 Å². The molecule has 0 radical (unpaired) electrons. The molecule has 0 unspecified atom stereocenters. The summed E-state index contributed by atoms with van der Waals surface area (Å²) in [5.41, 5.74) is 6.83. The number of rotatable bonds is 6. The zero-order valence-electron chi connectivity index (χ0n) is 15.8. The molecule has 4 rings (SSSR count). The largest absolute Gasteiger partial charge is 0.493 e. The number of fused-ring (bicyclic) bond motifs is 1. The van der Waals surface area contributed by atoms with Crippen molar-refractivity contribution in [3.8, 4) is 5.75 Å². The van der Waals surface area contributed by atoms with E-state index in [2.05, 4.69) is 23.5 Å². The number of anilines is 1. The van der Waals surface area contributed by atoms with Gasteiger partial charge in [0.15, 0.2) is 0 Å². The predicted octanol–water partition coefficient (Wildman–Crippen LogP) is 4.38. The molecule has 1 heterocycles. The lowest BCUT2D eigenvalue weighted by Gasteiger charge is -2.29. The first-order chi connectivity index (χ1) is 13.7. The van der Waals surface area contributed by atoms with Crippen molar-refractivity contribution < 1.29 is 9.53 Å². The van der Waals surface area contributed by atoms with Gasteiger partial charge >= 0.3 is 0 Å². The van der Waals surface area contributed by atoms with Gasteiger partial charge in [0.25, 0.3) is 0 Å². The smallest absolute Gasteiger partial charge is 0.248 e. The quantitative estimate of drug-likeness (QED) is 0.670. The van der Waals surface area contributed by atoms with Crippen molar-refractivity contribution in [2.75, 3.05) is 11.9 Å². The molecule has 3 N–H and O–H groups in total. The van der Waals surface area contributed by atoms with E-state index >= 15 is 0 Å². The highest BCUT2D eigenvalue weighted by molar-refractivity contribution is 5.93. The van der Waals surface area contributed by atoms with Crippen molar-refractivity contribution in [3.63, 3.8) is 0 Å². The summed E-state index contributed by atoms with van der Waals surface area (Å²) in [4.78, 5) is 16.0. The molecule has 2 aromatic carbocycles. The highest BCUT2D eigenvalue weighted by Crippen LogP contribution is 2.27. The lowest BCUT2D eigenvalue weighted by molar-refractivity contribution is 0.0999. The third-order valence-electron chi connectivity index (χ3n) is 5.40. The number of hydrogen-bond acceptors (Lipinski definition) is 4. The van der Waals surface area contributed by atoms with Crippen LogP contribution in [0, 0.1) is 5.92 Å². The molecule has 1 amide bonds. The molecule has 0 aliphatic heterocycles. The van der Waals surface area contributed by atoms with E-state index in [0.29, 0.717) is 29.9 Å². The molecular formula is C23H25N3O2. The third-order valence-corrected chi connectivity index (χ3v) is 5.40. The Balaban J connectivity index is 1.27. The normalized spacial score (nSPS) is 19.3. The standard InChI is InChI=1S/C23H25N3O2/c24-23(27)18-5-3-6-20(14-18)28-15-16-8-11-19(12-9-16)25-22-13-10-17-4-1-2-7-21(17)26-22/h1-7,10,13-14,16,19H,8-9,11-12,15H2,(H2,24,27)(H,25,26). The molecule has 3 aromatic rings. The topological polar surface area (TPSA) is 77.2 Å². The van der Waals surface area contributed by atoms with Crippen LogP contribution in [0.5, 0.6) is 5.75 Å². The summed E-state index contributed by atoms with van der Waals surface area (Å²) in [7, 11) is 0. The minimum atomic E-state index is -0.431. The second-order valence-corrected chi connectivity index (χ2v) is 7.45. The van der Waals surface area contributed by atoms with Crippen LogP contribution in [-0.4, -0.2) is 23.5 Å². The molecule has 1 saturated carbocycles. The van der Waals surface area contributed by atoms with Gasteiger partial charge < -0.3 is 15.8 Å². The molecule has 0 bridgehead atoms. The van der Waals surface area contributed by atoms with E-state index in [0.717, 1.165) is 42.4 Å². The summed E-state index contributed by atoms with van der Waals surface area (Å²) in [5, 5.41) is 4.75. The number of pyridine rings is 1. The van der Waals surface area contributed by atoms with Crippen molar-refractivity contribution in [1.82, 2.24) is 4.98 Å². The first-order valence-corrected chi connectivity index (χ1v) is 9.82. The summed E-state index contributed by atoms with van der Waals surface area (Å²) in [6.07, 6.45) is 4.43. The van der Waals surface area contributed by atoms with Gasteiger partial charge in [0, 0.05) is 17.0 Å². The van der Waals surface area contributed by atoms with Gasteiger partial charge in [-0.25, -0.2) is 4.98 Å². The molecule has 1 aromatic heterocycles. The van der Waals surface area contributed by atoms with Crippen molar-refractivity contribution in [2.45, 2.75) is 31.7 Å². The molecule has 0 saturated heterocycles. The molecule has 5 nitrogen and oxygen atoms in total. The summed E-state index contributed by atoms with van der Waals surface area (Å²) in [5.74, 6) is 1.75. The van der Waals surface area contributed by atoms with Crippen molar-refractivity contribution >= 4 is 22.6 Å². The summed E-state index contributed by atoms with van der Waals surface area (Å²) in [6.45, 7) is 0.670. The fourth-order valence-corrected chi connectivity index (χ4v) is 3.78. The first-order valence-electron chi connectivity index (χ1n) is 9.82. The lowest BCUT2D eigenvalue weighted by Crippen LogP contribution is -2.28. The average Bonchev–Trinajstić information content (AvgIpc) is 2.73. The van der Waals surface area contributed by atoms with E-state index < -0.39 is 5.91 Å². The molecule has 5 heteroatoms. The fraction of sp³-hybridized carbons (Fsp3) is 0.304. The predicted molar refractivity (Wildman–Crippen MR) is 112 cm³/mol. The SMILES string of the molecule is NC(=O)c1cccc(OCC2CCC(Nc3ccc4ccccc4n3)CC2)c1. The summed E-state index contributed by atoms with van der Waals surface area (Å²) in [6, 6.07) is 19.9. The number of ether oxygens (including phenoxy) is 1. The fourth-order valence-electron chi connectivity index (χ4n) is 3.78. The number of amides is 1. The number of carbonyl (C=O) groups is 1. The summed E-state index contributed by atoms with van der Waals surface area (Å²) >= 11 is 0. The van der Waals surface area contributed by atoms with Crippen LogP contribution < -0.4 is 15.8 Å². The minimum Gasteiger partial charge on any atom is -0.493 e. The second-order valence-electron chi connectivity index (χ2n) is 7.45. The molecule has 1 fully saturated rings. The van der Waals surface area contributed by atoms with Gasteiger partial charge in [-0.15, -0.1) is 0 Å². The van der Waals surface area contributed by atoms with Crippen LogP contribution in [0.1, 0.15) is 36.0 Å². The molecule has 0 atom stereocenters. The Hall–Kier alpha value is -3.08. The second kappa shape index (κ2) is 8.30. The highest BCUT2D eigenvalue weighted by Gasteiger charge is 2.22. The van der Waals surface area contributed by atoms with Crippen LogP contribution in [0.3, 0.4) is 0 Å². The maximum atomic E-state index is 11.3. The van der Waals surface area contributed by atoms with Gasteiger partial charge in [0.2, 0.25) is 5.91 Å². The Morgan fingerprint density at radius 3 is 2.68 bits per heavy atom. The van der Waals surface area contributed by atoms with Gasteiger partial charge in [-0.1, -0.05) is 24.3 Å². The Bertz CT molecular complexity index is 965. The number of benzene rings is 2. The number of nitrogens with zero attached hydrogens (tertiary/aromatic N) is 1. The minimum absolute atomic E-state index is 0.431. The van der Waals surface area contributed by atoms with Crippen LogP contribution in [0.2, 0.25) is 0 Å². The van der Waals surface area contributed by atoms with Crippen LogP contribution in [0.25, 0.3) is 10.9 Å². The van der Waals surface area contributed by atoms with E-state index in [4.69, 9.17) is 15.5 Å². The number of nitrogens with one attached hydrogen (secondary N) is 1. The Morgan fingerprint density at radius 2 is 1.86 bits per heavy atom. The van der Waals surface area contributed by atoms with Gasteiger partial charge in [0.05, 0.1) is 12.1 Å². The molecular weight excluding hydrogens is 350 g/mol. The monoisotopic (exact) mass is 375 g/mol. The zero-order chi connectivity index (χ0) is 19.3. The van der Waals surface area contributed by atoms with Crippen LogP contribution >= 0.6 is 0 Å². The van der Waals surface area contributed by atoms with Gasteiger partial charge in [-0.3, -0.25) is 4.79 Å². The summed E-state index contributed by atoms with van der Waals surface area (Å²) < 4.78 is 5.90. The van der Waals surface area contributed by atoms with Crippen LogP contribution in [0.15, 0.2) is 60.7 Å².